The average Bonchev–Trinajstić information content (AvgIpc) is 3.61. The number of hydrogen-bond donors (Lipinski definition) is 3. The molecule has 2 atom stereocenters. The van der Waals surface area contributed by atoms with E-state index in [1.54, 1.807) is 29.4 Å². The van der Waals surface area contributed by atoms with Crippen molar-refractivity contribution in [3.63, 3.8) is 0 Å². The van der Waals surface area contributed by atoms with Crippen molar-refractivity contribution in [1.29, 1.82) is 0 Å². The number of aromatic nitrogens is 2. The molecular weight excluding hydrogens is 504 g/mol. The SMILES string of the molecule is O=C1CC2CN(C(=O)c3ccnc(Nc4ccc5c(c4)CC4(C5)C(=O)Nc5ncccc54)c3)c3cccc(c32)N1. The lowest BCUT2D eigenvalue weighted by atomic mass is 9.79. The quantitative estimate of drug-likeness (QED) is 0.365. The average molecular weight is 529 g/mol. The highest BCUT2D eigenvalue weighted by Gasteiger charge is 2.51. The second-order valence-electron chi connectivity index (χ2n) is 10.9. The number of carbonyl (C=O) groups is 3. The number of rotatable bonds is 3. The fraction of sp³-hybridized carbons (Fsp3) is 0.194. The standard InChI is InChI=1S/C31H24N6O3/c38-26-13-20-16-37(24-5-1-4-23(35-26)27(20)24)29(39)17-8-10-32-25(12-17)34-21-7-6-18-14-31(15-19(18)11-21)22-3-2-9-33-28(22)36-30(31)40/h1-12,20H,13-16H2,(H,32,34)(H,35,38)(H,33,36,40). The van der Waals surface area contributed by atoms with Gasteiger partial charge in [0.25, 0.3) is 5.91 Å². The van der Waals surface area contributed by atoms with E-state index in [-0.39, 0.29) is 23.6 Å². The Labute approximate surface area is 229 Å². The lowest BCUT2D eigenvalue weighted by Gasteiger charge is -2.20. The molecule has 3 amide bonds. The summed E-state index contributed by atoms with van der Waals surface area (Å²) in [6.45, 7) is 0.475. The first-order valence-corrected chi connectivity index (χ1v) is 13.3. The van der Waals surface area contributed by atoms with Crippen LogP contribution in [0.1, 0.15) is 45.0 Å². The van der Waals surface area contributed by atoms with E-state index in [0.717, 1.165) is 39.3 Å². The van der Waals surface area contributed by atoms with Gasteiger partial charge in [-0.15, -0.1) is 0 Å². The molecule has 196 valence electrons. The van der Waals surface area contributed by atoms with Crippen molar-refractivity contribution < 1.29 is 14.4 Å². The van der Waals surface area contributed by atoms with Crippen LogP contribution in [-0.4, -0.2) is 34.2 Å². The maximum Gasteiger partial charge on any atom is 0.258 e. The van der Waals surface area contributed by atoms with Gasteiger partial charge in [0.1, 0.15) is 11.6 Å². The maximum atomic E-state index is 13.6. The number of anilines is 5. The Morgan fingerprint density at radius 1 is 0.950 bits per heavy atom. The van der Waals surface area contributed by atoms with Crippen LogP contribution in [0, 0.1) is 0 Å². The summed E-state index contributed by atoms with van der Waals surface area (Å²) in [5.74, 6) is 1.05. The molecule has 0 radical (unpaired) electrons. The van der Waals surface area contributed by atoms with Crippen LogP contribution in [0.25, 0.3) is 0 Å². The van der Waals surface area contributed by atoms with Gasteiger partial charge in [-0.3, -0.25) is 14.4 Å². The summed E-state index contributed by atoms with van der Waals surface area (Å²) in [6, 6.07) is 19.1. The Morgan fingerprint density at radius 2 is 1.85 bits per heavy atom. The Bertz CT molecular complexity index is 1780. The largest absolute Gasteiger partial charge is 0.340 e. The Kier molecular flexibility index (Phi) is 4.71. The summed E-state index contributed by atoms with van der Waals surface area (Å²) >= 11 is 0. The van der Waals surface area contributed by atoms with Crippen LogP contribution in [-0.2, 0) is 27.8 Å². The molecule has 0 saturated heterocycles. The predicted octanol–water partition coefficient (Wildman–Crippen LogP) is 4.30. The van der Waals surface area contributed by atoms with E-state index in [2.05, 4.69) is 38.1 Å². The molecule has 8 rings (SSSR count). The molecular formula is C31H24N6O3. The summed E-state index contributed by atoms with van der Waals surface area (Å²) in [6.07, 6.45) is 4.93. The van der Waals surface area contributed by atoms with Gasteiger partial charge in [-0.05, 0) is 66.4 Å². The molecule has 1 aliphatic carbocycles. The van der Waals surface area contributed by atoms with Gasteiger partial charge < -0.3 is 20.9 Å². The Hall–Kier alpha value is -5.05. The molecule has 4 aromatic rings. The summed E-state index contributed by atoms with van der Waals surface area (Å²) in [5.41, 5.74) is 6.60. The topological polar surface area (TPSA) is 116 Å². The molecule has 40 heavy (non-hydrogen) atoms. The highest BCUT2D eigenvalue weighted by Crippen LogP contribution is 2.47. The van der Waals surface area contributed by atoms with Crippen molar-refractivity contribution in [2.24, 2.45) is 0 Å². The van der Waals surface area contributed by atoms with Crippen LogP contribution in [0.4, 0.5) is 28.7 Å². The third-order valence-corrected chi connectivity index (χ3v) is 8.60. The zero-order valence-electron chi connectivity index (χ0n) is 21.4. The first-order chi connectivity index (χ1) is 19.5. The minimum Gasteiger partial charge on any atom is -0.340 e. The molecule has 0 bridgehead atoms. The van der Waals surface area contributed by atoms with Crippen LogP contribution < -0.4 is 20.9 Å². The summed E-state index contributed by atoms with van der Waals surface area (Å²) in [5, 5.41) is 9.22. The third kappa shape index (κ3) is 3.30. The van der Waals surface area contributed by atoms with E-state index >= 15 is 0 Å². The van der Waals surface area contributed by atoms with Gasteiger partial charge >= 0.3 is 0 Å². The summed E-state index contributed by atoms with van der Waals surface area (Å²) in [4.78, 5) is 49.4. The fourth-order valence-electron chi connectivity index (χ4n) is 6.80. The van der Waals surface area contributed by atoms with Gasteiger partial charge in [-0.1, -0.05) is 18.2 Å². The van der Waals surface area contributed by atoms with Gasteiger partial charge in [-0.25, -0.2) is 9.97 Å². The molecule has 3 N–H and O–H groups in total. The van der Waals surface area contributed by atoms with E-state index in [1.165, 1.54) is 0 Å². The molecule has 9 heteroatoms. The van der Waals surface area contributed by atoms with Crippen LogP contribution in [0.5, 0.6) is 0 Å². The van der Waals surface area contributed by atoms with Crippen LogP contribution in [0.15, 0.2) is 73.1 Å². The highest BCUT2D eigenvalue weighted by atomic mass is 16.2. The second kappa shape index (κ2) is 8.22. The van der Waals surface area contributed by atoms with Gasteiger partial charge in [-0.2, -0.15) is 0 Å². The smallest absolute Gasteiger partial charge is 0.258 e. The van der Waals surface area contributed by atoms with Gasteiger partial charge in [0, 0.05) is 65.0 Å². The number of carbonyl (C=O) groups excluding carboxylic acids is 3. The van der Waals surface area contributed by atoms with Crippen molar-refractivity contribution in [2.75, 3.05) is 27.4 Å². The van der Waals surface area contributed by atoms with E-state index in [1.807, 2.05) is 36.4 Å². The lowest BCUT2D eigenvalue weighted by molar-refractivity contribution is -0.120. The molecule has 0 fully saturated rings. The van der Waals surface area contributed by atoms with Crippen LogP contribution in [0.3, 0.4) is 0 Å². The van der Waals surface area contributed by atoms with Gasteiger partial charge in [0.15, 0.2) is 0 Å². The van der Waals surface area contributed by atoms with E-state index in [9.17, 15) is 14.4 Å². The molecule has 2 aromatic heterocycles. The fourth-order valence-corrected chi connectivity index (χ4v) is 6.80. The van der Waals surface area contributed by atoms with E-state index < -0.39 is 5.41 Å². The minimum atomic E-state index is -0.625. The highest BCUT2D eigenvalue weighted by molar-refractivity contribution is 6.10. The van der Waals surface area contributed by atoms with Crippen molar-refractivity contribution in [1.82, 2.24) is 9.97 Å². The van der Waals surface area contributed by atoms with Crippen molar-refractivity contribution in [3.05, 3.63) is 101 Å². The number of nitrogens with one attached hydrogen (secondary N) is 3. The molecule has 9 nitrogen and oxygen atoms in total. The molecule has 2 aromatic carbocycles. The number of benzene rings is 2. The molecule has 2 unspecified atom stereocenters. The number of amides is 3. The molecule has 0 saturated carbocycles. The van der Waals surface area contributed by atoms with Crippen LogP contribution in [0.2, 0.25) is 0 Å². The molecule has 4 aliphatic rings. The van der Waals surface area contributed by atoms with Crippen molar-refractivity contribution in [3.8, 4) is 0 Å². The van der Waals surface area contributed by atoms with Crippen molar-refractivity contribution >= 4 is 46.4 Å². The van der Waals surface area contributed by atoms with E-state index in [4.69, 9.17) is 0 Å². The number of fused-ring (bicyclic) bond motifs is 3. The summed E-state index contributed by atoms with van der Waals surface area (Å²) in [7, 11) is 0. The zero-order valence-corrected chi connectivity index (χ0v) is 21.4. The predicted molar refractivity (Wildman–Crippen MR) is 150 cm³/mol. The normalized spacial score (nSPS) is 21.5. The summed E-state index contributed by atoms with van der Waals surface area (Å²) < 4.78 is 0. The molecule has 1 spiro atoms. The first-order valence-electron chi connectivity index (χ1n) is 13.3. The second-order valence-corrected chi connectivity index (χ2v) is 10.9. The van der Waals surface area contributed by atoms with Crippen LogP contribution >= 0.6 is 0 Å². The Morgan fingerprint density at radius 3 is 2.77 bits per heavy atom. The monoisotopic (exact) mass is 528 g/mol. The first kappa shape index (κ1) is 22.9. The number of hydrogen-bond acceptors (Lipinski definition) is 6. The van der Waals surface area contributed by atoms with Gasteiger partial charge in [0.2, 0.25) is 11.8 Å². The lowest BCUT2D eigenvalue weighted by Crippen LogP contribution is -2.35. The zero-order chi connectivity index (χ0) is 27.0. The third-order valence-electron chi connectivity index (χ3n) is 8.60. The molecule has 5 heterocycles. The van der Waals surface area contributed by atoms with Crippen molar-refractivity contribution in [2.45, 2.75) is 30.6 Å². The van der Waals surface area contributed by atoms with Gasteiger partial charge in [0.05, 0.1) is 5.41 Å². The number of pyridine rings is 2. The minimum absolute atomic E-state index is 0.00253. The number of nitrogens with zero attached hydrogens (tertiary/aromatic N) is 3. The van der Waals surface area contributed by atoms with E-state index in [0.29, 0.717) is 43.0 Å². The maximum absolute atomic E-state index is 13.6. The Balaban J connectivity index is 1.04. The molecule has 3 aliphatic heterocycles.